The van der Waals surface area contributed by atoms with Crippen LogP contribution < -0.4 is 5.73 Å². The minimum Gasteiger partial charge on any atom is -0.391 e. The van der Waals surface area contributed by atoms with Gasteiger partial charge in [0.15, 0.2) is 5.82 Å². The van der Waals surface area contributed by atoms with E-state index >= 15 is 0 Å². The third-order valence-corrected chi connectivity index (χ3v) is 4.24. The van der Waals surface area contributed by atoms with Crippen molar-refractivity contribution in [2.75, 3.05) is 13.6 Å². The van der Waals surface area contributed by atoms with E-state index < -0.39 is 6.10 Å². The van der Waals surface area contributed by atoms with Gasteiger partial charge in [-0.1, -0.05) is 19.0 Å². The number of carbonyl (C=O) groups is 1. The smallest absolute Gasteiger partial charge is 0.229 e. The summed E-state index contributed by atoms with van der Waals surface area (Å²) in [6, 6.07) is -0.205. The summed E-state index contributed by atoms with van der Waals surface area (Å²) < 4.78 is 5.15. The van der Waals surface area contributed by atoms with Crippen molar-refractivity contribution in [2.45, 2.75) is 57.6 Å². The van der Waals surface area contributed by atoms with Gasteiger partial charge in [-0.05, 0) is 19.3 Å². The van der Waals surface area contributed by atoms with Gasteiger partial charge in [0, 0.05) is 37.9 Å². The second kappa shape index (κ2) is 7.19. The molecule has 1 aromatic heterocycles. The van der Waals surface area contributed by atoms with Crippen LogP contribution in [-0.4, -0.2) is 51.8 Å². The number of hydrogen-bond acceptors (Lipinski definition) is 6. The Balaban J connectivity index is 1.83. The number of aliphatic hydroxyl groups is 1. The van der Waals surface area contributed by atoms with Gasteiger partial charge in [0.05, 0.1) is 6.10 Å². The highest BCUT2D eigenvalue weighted by Crippen LogP contribution is 2.25. The fourth-order valence-electron chi connectivity index (χ4n) is 2.69. The molecule has 7 heteroatoms. The van der Waals surface area contributed by atoms with Crippen LogP contribution in [0, 0.1) is 5.92 Å². The van der Waals surface area contributed by atoms with Crippen LogP contribution in [-0.2, 0) is 11.2 Å². The van der Waals surface area contributed by atoms with Crippen molar-refractivity contribution in [2.24, 2.45) is 11.7 Å². The van der Waals surface area contributed by atoms with Crippen LogP contribution in [0.2, 0.25) is 0 Å². The second-order valence-electron chi connectivity index (χ2n) is 6.45. The molecule has 3 atom stereocenters. The summed E-state index contributed by atoms with van der Waals surface area (Å²) in [4.78, 5) is 18.4. The molecule has 1 aliphatic carbocycles. The molecule has 1 saturated carbocycles. The van der Waals surface area contributed by atoms with E-state index in [9.17, 15) is 9.90 Å². The molecule has 0 radical (unpaired) electrons. The fraction of sp³-hybridized carbons (Fsp3) is 0.800. The first-order valence-electron chi connectivity index (χ1n) is 7.89. The fourth-order valence-corrected chi connectivity index (χ4v) is 2.69. The van der Waals surface area contributed by atoms with Crippen LogP contribution in [0.4, 0.5) is 0 Å². The van der Waals surface area contributed by atoms with Crippen molar-refractivity contribution in [3.8, 4) is 0 Å². The van der Waals surface area contributed by atoms with E-state index in [0.29, 0.717) is 37.5 Å². The number of nitrogens with two attached hydrogens (primary N) is 1. The molecule has 0 aromatic carbocycles. The van der Waals surface area contributed by atoms with E-state index in [1.54, 1.807) is 11.9 Å². The van der Waals surface area contributed by atoms with Gasteiger partial charge in [-0.2, -0.15) is 4.98 Å². The molecule has 22 heavy (non-hydrogen) atoms. The molecule has 0 aliphatic heterocycles. The lowest BCUT2D eigenvalue weighted by atomic mass is 9.83. The van der Waals surface area contributed by atoms with E-state index in [2.05, 4.69) is 10.1 Å². The van der Waals surface area contributed by atoms with Crippen LogP contribution in [0.25, 0.3) is 0 Å². The standard InChI is InChI=1S/C15H26N4O3/c1-9(2)14-17-13(18-22-14)6-7-19(3)15(21)10-4-5-11(16)12(20)8-10/h9-12,20H,4-8,16H2,1-3H3/t10-,11+,12+/m0/s1. The zero-order chi connectivity index (χ0) is 16.3. The molecule has 3 N–H and O–H groups in total. The van der Waals surface area contributed by atoms with Gasteiger partial charge < -0.3 is 20.3 Å². The third-order valence-electron chi connectivity index (χ3n) is 4.24. The Morgan fingerprint density at radius 1 is 1.50 bits per heavy atom. The Kier molecular flexibility index (Phi) is 5.52. The first-order valence-corrected chi connectivity index (χ1v) is 7.89. The summed E-state index contributed by atoms with van der Waals surface area (Å²) in [7, 11) is 1.77. The van der Waals surface area contributed by atoms with Crippen LogP contribution >= 0.6 is 0 Å². The normalized spacial score (nSPS) is 25.5. The summed E-state index contributed by atoms with van der Waals surface area (Å²) in [6.07, 6.45) is 1.86. The van der Waals surface area contributed by atoms with Gasteiger partial charge in [-0.15, -0.1) is 0 Å². The van der Waals surface area contributed by atoms with E-state index in [0.717, 1.165) is 6.42 Å². The molecule has 0 spiro atoms. The van der Waals surface area contributed by atoms with Gasteiger partial charge in [0.1, 0.15) is 0 Å². The summed E-state index contributed by atoms with van der Waals surface area (Å²) >= 11 is 0. The van der Waals surface area contributed by atoms with Crippen molar-refractivity contribution >= 4 is 5.91 Å². The van der Waals surface area contributed by atoms with Crippen LogP contribution in [0.3, 0.4) is 0 Å². The van der Waals surface area contributed by atoms with Gasteiger partial charge in [0.2, 0.25) is 11.8 Å². The summed E-state index contributed by atoms with van der Waals surface area (Å²) in [5.41, 5.74) is 5.78. The molecule has 1 fully saturated rings. The third kappa shape index (κ3) is 4.04. The van der Waals surface area contributed by atoms with E-state index in [4.69, 9.17) is 10.3 Å². The van der Waals surface area contributed by atoms with E-state index in [1.165, 1.54) is 0 Å². The molecule has 2 rings (SSSR count). The molecule has 1 heterocycles. The zero-order valence-electron chi connectivity index (χ0n) is 13.5. The molecule has 1 amide bonds. The van der Waals surface area contributed by atoms with Crippen LogP contribution in [0.15, 0.2) is 4.52 Å². The number of amides is 1. The minimum absolute atomic E-state index is 0.0542. The molecule has 0 unspecified atom stereocenters. The Morgan fingerprint density at radius 3 is 2.82 bits per heavy atom. The van der Waals surface area contributed by atoms with Crippen molar-refractivity contribution in [3.63, 3.8) is 0 Å². The van der Waals surface area contributed by atoms with Crippen molar-refractivity contribution in [1.29, 1.82) is 0 Å². The average molecular weight is 310 g/mol. The van der Waals surface area contributed by atoms with Gasteiger partial charge in [-0.3, -0.25) is 4.79 Å². The lowest BCUT2D eigenvalue weighted by Crippen LogP contribution is -2.45. The Bertz CT molecular complexity index is 503. The Hall–Kier alpha value is -1.47. The van der Waals surface area contributed by atoms with Gasteiger partial charge in [-0.25, -0.2) is 0 Å². The molecule has 0 bridgehead atoms. The quantitative estimate of drug-likeness (QED) is 0.828. The predicted molar refractivity (Wildman–Crippen MR) is 81.1 cm³/mol. The highest BCUT2D eigenvalue weighted by molar-refractivity contribution is 5.78. The highest BCUT2D eigenvalue weighted by Gasteiger charge is 2.32. The second-order valence-corrected chi connectivity index (χ2v) is 6.45. The monoisotopic (exact) mass is 310 g/mol. The highest BCUT2D eigenvalue weighted by atomic mass is 16.5. The predicted octanol–water partition coefficient (Wildman–Crippen LogP) is 0.682. The van der Waals surface area contributed by atoms with Crippen LogP contribution in [0.5, 0.6) is 0 Å². The first-order chi connectivity index (χ1) is 10.4. The molecule has 124 valence electrons. The summed E-state index contributed by atoms with van der Waals surface area (Å²) in [5.74, 6) is 1.35. The number of aliphatic hydroxyl groups excluding tert-OH is 1. The average Bonchev–Trinajstić information content (AvgIpc) is 2.96. The molecular weight excluding hydrogens is 284 g/mol. The Labute approximate surface area is 130 Å². The van der Waals surface area contributed by atoms with E-state index in [-0.39, 0.29) is 23.8 Å². The number of hydrogen-bond donors (Lipinski definition) is 2. The van der Waals surface area contributed by atoms with Crippen LogP contribution in [0.1, 0.15) is 50.7 Å². The summed E-state index contributed by atoms with van der Waals surface area (Å²) in [5, 5.41) is 13.7. The minimum atomic E-state index is -0.582. The molecular formula is C15H26N4O3. The van der Waals surface area contributed by atoms with Crippen molar-refractivity contribution < 1.29 is 14.4 Å². The van der Waals surface area contributed by atoms with Gasteiger partial charge in [0.25, 0.3) is 0 Å². The lowest BCUT2D eigenvalue weighted by Gasteiger charge is -2.32. The number of nitrogens with zero attached hydrogens (tertiary/aromatic N) is 3. The number of carbonyl (C=O) groups excluding carboxylic acids is 1. The van der Waals surface area contributed by atoms with Crippen molar-refractivity contribution in [3.05, 3.63) is 11.7 Å². The Morgan fingerprint density at radius 2 is 2.23 bits per heavy atom. The molecule has 1 aromatic rings. The molecule has 7 nitrogen and oxygen atoms in total. The largest absolute Gasteiger partial charge is 0.391 e. The molecule has 1 aliphatic rings. The SMILES string of the molecule is CC(C)c1nc(CCN(C)C(=O)[C@H]2CC[C@@H](N)[C@H](O)C2)no1. The number of rotatable bonds is 5. The lowest BCUT2D eigenvalue weighted by molar-refractivity contribution is -0.136. The first kappa shape index (κ1) is 16.9. The van der Waals surface area contributed by atoms with Crippen molar-refractivity contribution in [1.82, 2.24) is 15.0 Å². The number of likely N-dealkylation sites (N-methyl/N-ethyl adjacent to an activating group) is 1. The maximum Gasteiger partial charge on any atom is 0.229 e. The topological polar surface area (TPSA) is 105 Å². The van der Waals surface area contributed by atoms with Gasteiger partial charge >= 0.3 is 0 Å². The molecule has 0 saturated heterocycles. The zero-order valence-corrected chi connectivity index (χ0v) is 13.5. The van der Waals surface area contributed by atoms with E-state index in [1.807, 2.05) is 13.8 Å². The maximum atomic E-state index is 12.4. The maximum absolute atomic E-state index is 12.4. The number of aromatic nitrogens is 2. The summed E-state index contributed by atoms with van der Waals surface area (Å²) in [6.45, 7) is 4.52.